The molecule has 0 radical (unpaired) electrons. The molecule has 0 aromatic rings. The molecule has 0 spiro atoms. The number of phosphoric ester groups is 2. The minimum Gasteiger partial charge on any atom is -0.462 e. The second-order valence-corrected chi connectivity index (χ2v) is 26.4. The third-order valence-electron chi connectivity index (χ3n) is 15.1. The lowest BCUT2D eigenvalue weighted by molar-refractivity contribution is -0.161. The van der Waals surface area contributed by atoms with Gasteiger partial charge in [-0.05, 0) is 25.7 Å². The summed E-state index contributed by atoms with van der Waals surface area (Å²) in [5.41, 5.74) is 0. The van der Waals surface area contributed by atoms with Crippen molar-refractivity contribution in [3.05, 3.63) is 0 Å². The lowest BCUT2D eigenvalue weighted by atomic mass is 10.0. The molecule has 0 aromatic heterocycles. The van der Waals surface area contributed by atoms with Crippen LogP contribution in [0.25, 0.3) is 0 Å². The molecular weight excluding hydrogens is 1110 g/mol. The molecule has 5 atom stereocenters. The molecule has 2 unspecified atom stereocenters. The number of ether oxygens (including phenoxy) is 4. The van der Waals surface area contributed by atoms with Crippen LogP contribution in [0.2, 0.25) is 0 Å². The lowest BCUT2D eigenvalue weighted by Gasteiger charge is -2.21. The first kappa shape index (κ1) is 82.1. The largest absolute Gasteiger partial charge is 0.472 e. The number of aliphatic hydroxyl groups excluding tert-OH is 1. The van der Waals surface area contributed by atoms with Gasteiger partial charge in [-0.2, -0.15) is 0 Å². The van der Waals surface area contributed by atoms with E-state index >= 15 is 0 Å². The van der Waals surface area contributed by atoms with E-state index < -0.39 is 97.5 Å². The van der Waals surface area contributed by atoms with Crippen LogP contribution in [0.4, 0.5) is 0 Å². The molecule has 0 aliphatic heterocycles. The molecule has 3 N–H and O–H groups in total. The number of esters is 4. The van der Waals surface area contributed by atoms with Crippen LogP contribution in [0.3, 0.4) is 0 Å². The highest BCUT2D eigenvalue weighted by Crippen LogP contribution is 2.45. The smallest absolute Gasteiger partial charge is 0.462 e. The van der Waals surface area contributed by atoms with Crippen molar-refractivity contribution in [2.45, 2.75) is 354 Å². The Kier molecular flexibility index (Phi) is 58.6. The number of carbonyl (C=O) groups excluding carboxylic acids is 4. The average Bonchev–Trinajstić information content (AvgIpc) is 3.60. The molecule has 0 aliphatic carbocycles. The Morgan fingerprint density at radius 3 is 0.702 bits per heavy atom. The number of phosphoric acid groups is 2. The zero-order valence-corrected chi connectivity index (χ0v) is 55.7. The molecule has 0 fully saturated rings. The number of rotatable bonds is 66. The fraction of sp³-hybridized carbons (Fsp3) is 0.938. The Hall–Kier alpha value is -1.94. The molecule has 0 heterocycles. The Bertz CT molecular complexity index is 1620. The predicted octanol–water partition coefficient (Wildman–Crippen LogP) is 18.3. The van der Waals surface area contributed by atoms with Gasteiger partial charge in [-0.1, -0.05) is 285 Å². The van der Waals surface area contributed by atoms with E-state index in [4.69, 9.17) is 37.0 Å². The molecule has 0 amide bonds. The summed E-state index contributed by atoms with van der Waals surface area (Å²) in [4.78, 5) is 72.0. The van der Waals surface area contributed by atoms with E-state index in [-0.39, 0.29) is 25.7 Å². The second kappa shape index (κ2) is 60.0. The Labute approximate surface area is 511 Å². The molecule has 19 heteroatoms. The third kappa shape index (κ3) is 59.0. The van der Waals surface area contributed by atoms with Crippen molar-refractivity contribution < 1.29 is 80.2 Å². The molecule has 84 heavy (non-hydrogen) atoms. The van der Waals surface area contributed by atoms with Crippen LogP contribution in [-0.4, -0.2) is 96.7 Å². The molecule has 0 aliphatic rings. The van der Waals surface area contributed by atoms with Gasteiger partial charge >= 0.3 is 39.5 Å². The maximum Gasteiger partial charge on any atom is 0.472 e. The van der Waals surface area contributed by atoms with Crippen LogP contribution in [0, 0.1) is 0 Å². The summed E-state index contributed by atoms with van der Waals surface area (Å²) in [6.45, 7) is 4.81. The van der Waals surface area contributed by atoms with E-state index in [0.717, 1.165) is 96.3 Å². The Morgan fingerprint density at radius 1 is 0.286 bits per heavy atom. The summed E-state index contributed by atoms with van der Waals surface area (Å²) in [5, 5.41) is 10.5. The third-order valence-corrected chi connectivity index (χ3v) is 17.0. The number of carbonyl (C=O) groups is 4. The van der Waals surface area contributed by atoms with Gasteiger partial charge in [-0.15, -0.1) is 0 Å². The first-order valence-corrected chi connectivity index (χ1v) is 37.3. The van der Waals surface area contributed by atoms with E-state index in [1.165, 1.54) is 161 Å². The normalized spacial score (nSPS) is 14.1. The molecule has 0 saturated carbocycles. The predicted molar refractivity (Wildman–Crippen MR) is 335 cm³/mol. The van der Waals surface area contributed by atoms with Gasteiger partial charge in [-0.3, -0.25) is 37.3 Å². The summed E-state index contributed by atoms with van der Waals surface area (Å²) in [6.07, 6.45) is 46.2. The van der Waals surface area contributed by atoms with Crippen LogP contribution in [0.1, 0.15) is 336 Å². The quantitative estimate of drug-likeness (QED) is 0.0222. The molecule has 0 aromatic carbocycles. The molecular formula is C65H126O17P2. The van der Waals surface area contributed by atoms with Gasteiger partial charge < -0.3 is 33.8 Å². The van der Waals surface area contributed by atoms with Crippen LogP contribution >= 0.6 is 15.6 Å². The van der Waals surface area contributed by atoms with Gasteiger partial charge in [0.15, 0.2) is 12.2 Å². The maximum absolute atomic E-state index is 13.0. The molecule has 0 bridgehead atoms. The molecule has 0 rings (SSSR count). The van der Waals surface area contributed by atoms with E-state index in [2.05, 4.69) is 27.7 Å². The summed E-state index contributed by atoms with van der Waals surface area (Å²) >= 11 is 0. The van der Waals surface area contributed by atoms with Crippen LogP contribution in [-0.2, 0) is 65.4 Å². The summed E-state index contributed by atoms with van der Waals surface area (Å²) in [5.74, 6) is -2.14. The average molecular weight is 1240 g/mol. The van der Waals surface area contributed by atoms with E-state index in [9.17, 15) is 43.2 Å². The number of hydrogen-bond donors (Lipinski definition) is 3. The molecule has 498 valence electrons. The first-order chi connectivity index (χ1) is 40.7. The Balaban J connectivity index is 5.15. The van der Waals surface area contributed by atoms with Crippen molar-refractivity contribution >= 4 is 39.5 Å². The topological polar surface area (TPSA) is 237 Å². The van der Waals surface area contributed by atoms with Crippen molar-refractivity contribution in [3.8, 4) is 0 Å². The lowest BCUT2D eigenvalue weighted by Crippen LogP contribution is -2.30. The fourth-order valence-corrected chi connectivity index (χ4v) is 11.4. The van der Waals surface area contributed by atoms with Crippen LogP contribution < -0.4 is 0 Å². The van der Waals surface area contributed by atoms with Crippen molar-refractivity contribution in [2.24, 2.45) is 0 Å². The van der Waals surface area contributed by atoms with Crippen molar-refractivity contribution in [2.75, 3.05) is 39.6 Å². The van der Waals surface area contributed by atoms with E-state index in [1.807, 2.05) is 0 Å². The maximum atomic E-state index is 13.0. The van der Waals surface area contributed by atoms with Crippen molar-refractivity contribution in [1.82, 2.24) is 0 Å². The first-order valence-electron chi connectivity index (χ1n) is 34.3. The Morgan fingerprint density at radius 2 is 0.476 bits per heavy atom. The zero-order chi connectivity index (χ0) is 61.9. The highest BCUT2D eigenvalue weighted by atomic mass is 31.2. The van der Waals surface area contributed by atoms with Gasteiger partial charge in [0.1, 0.15) is 19.3 Å². The van der Waals surface area contributed by atoms with E-state index in [1.54, 1.807) is 0 Å². The molecule has 17 nitrogen and oxygen atoms in total. The number of hydrogen-bond acceptors (Lipinski definition) is 15. The summed E-state index contributed by atoms with van der Waals surface area (Å²) in [7, 11) is -9.88. The van der Waals surface area contributed by atoms with Gasteiger partial charge in [0.25, 0.3) is 0 Å². The monoisotopic (exact) mass is 1240 g/mol. The SMILES string of the molecule is CCCCCCCCCCCCCCCCCCCC(=O)O[C@H](COC(=O)CCCCCCCCCCCCCCC)COP(=O)(O)OC[C@@H](O)COP(=O)(O)OC[C@@H](COC(=O)CCCCCCC)OC(=O)CCCCCCCCCCC. The minimum absolute atomic E-state index is 0.105. The van der Waals surface area contributed by atoms with Gasteiger partial charge in [0.05, 0.1) is 26.4 Å². The standard InChI is InChI=1S/C65H126O17P2/c1-5-9-13-17-20-23-25-27-28-29-30-32-34-37-40-44-48-52-65(70)82-61(56-76-63(68)50-46-42-38-36-33-31-26-24-21-18-14-10-6-2)58-80-84(73,74)78-54-59(66)53-77-83(71,72)79-57-60(55-75-62(67)49-45-41-16-12-8-4)81-64(69)51-47-43-39-35-22-19-15-11-7-3/h59-61,66H,5-58H2,1-4H3,(H,71,72)(H,73,74)/t59-,60+,61+/m0/s1. The van der Waals surface area contributed by atoms with Crippen molar-refractivity contribution in [3.63, 3.8) is 0 Å². The highest BCUT2D eigenvalue weighted by molar-refractivity contribution is 7.47. The minimum atomic E-state index is -4.94. The number of aliphatic hydroxyl groups is 1. The van der Waals surface area contributed by atoms with E-state index in [0.29, 0.717) is 25.7 Å². The van der Waals surface area contributed by atoms with Crippen molar-refractivity contribution in [1.29, 1.82) is 0 Å². The van der Waals surface area contributed by atoms with Crippen LogP contribution in [0.5, 0.6) is 0 Å². The summed E-state index contributed by atoms with van der Waals surface area (Å²) < 4.78 is 67.8. The van der Waals surface area contributed by atoms with Gasteiger partial charge in [0.2, 0.25) is 0 Å². The number of unbranched alkanes of at least 4 members (excludes halogenated alkanes) is 40. The van der Waals surface area contributed by atoms with Crippen LogP contribution in [0.15, 0.2) is 0 Å². The molecule has 0 saturated heterocycles. The summed E-state index contributed by atoms with van der Waals surface area (Å²) in [6, 6.07) is 0. The highest BCUT2D eigenvalue weighted by Gasteiger charge is 2.30. The van der Waals surface area contributed by atoms with Gasteiger partial charge in [-0.25, -0.2) is 9.13 Å². The van der Waals surface area contributed by atoms with Gasteiger partial charge in [0, 0.05) is 25.7 Å². The second-order valence-electron chi connectivity index (χ2n) is 23.5. The zero-order valence-electron chi connectivity index (χ0n) is 53.9. The fourth-order valence-electron chi connectivity index (χ4n) is 9.81.